The Balaban J connectivity index is 1.87. The smallest absolute Gasteiger partial charge is 0.161 e. The predicted octanol–water partition coefficient (Wildman–Crippen LogP) is 5.80. The van der Waals surface area contributed by atoms with Gasteiger partial charge in [-0.25, -0.2) is 0 Å². The Kier molecular flexibility index (Phi) is 6.84. The van der Waals surface area contributed by atoms with Crippen LogP contribution < -0.4 is 9.47 Å². The Morgan fingerprint density at radius 1 is 1.07 bits per heavy atom. The lowest BCUT2D eigenvalue weighted by atomic mass is 9.80. The van der Waals surface area contributed by atoms with Crippen molar-refractivity contribution in [2.75, 3.05) is 7.11 Å². The molecule has 1 saturated carbocycles. The Bertz CT molecular complexity index is 924. The second-order valence-electron chi connectivity index (χ2n) is 7.86. The van der Waals surface area contributed by atoms with Crippen molar-refractivity contribution in [2.45, 2.75) is 63.9 Å². The molecule has 3 rings (SSSR count). The van der Waals surface area contributed by atoms with Crippen molar-refractivity contribution in [1.29, 1.82) is 5.26 Å². The summed E-state index contributed by atoms with van der Waals surface area (Å²) in [5.41, 5.74) is 2.83. The summed E-state index contributed by atoms with van der Waals surface area (Å²) in [6.07, 6.45) is 6.29. The lowest BCUT2D eigenvalue weighted by Crippen LogP contribution is -2.19. The van der Waals surface area contributed by atoms with Gasteiger partial charge in [0.2, 0.25) is 0 Å². The largest absolute Gasteiger partial charge is 0.493 e. The average molecular weight is 388 g/mol. The topological polar surface area (TPSA) is 42.2 Å². The molecule has 3 heteroatoms. The first-order valence-corrected chi connectivity index (χ1v) is 10.4. The number of nitrogens with zero attached hydrogens (tertiary/aromatic N) is 1. The first-order chi connectivity index (χ1) is 14.1. The highest BCUT2D eigenvalue weighted by Gasteiger charge is 2.25. The van der Waals surface area contributed by atoms with Gasteiger partial charge in [-0.05, 0) is 74.4 Å². The van der Waals surface area contributed by atoms with Gasteiger partial charge in [0.05, 0.1) is 31.1 Å². The summed E-state index contributed by atoms with van der Waals surface area (Å²) in [6, 6.07) is 16.3. The Labute approximate surface area is 174 Å². The molecule has 0 aromatic heterocycles. The molecular weight excluding hydrogens is 358 g/mol. The average Bonchev–Trinajstić information content (AvgIpc) is 3.26. The van der Waals surface area contributed by atoms with Gasteiger partial charge in [0.25, 0.3) is 0 Å². The fourth-order valence-electron chi connectivity index (χ4n) is 3.67. The van der Waals surface area contributed by atoms with Gasteiger partial charge in [-0.3, -0.25) is 0 Å². The molecule has 29 heavy (non-hydrogen) atoms. The molecule has 1 fully saturated rings. The maximum absolute atomic E-state index is 8.81. The zero-order valence-corrected chi connectivity index (χ0v) is 17.6. The van der Waals surface area contributed by atoms with E-state index in [9.17, 15) is 0 Å². The van der Waals surface area contributed by atoms with Crippen LogP contribution in [0.1, 0.15) is 62.6 Å². The van der Waals surface area contributed by atoms with Crippen LogP contribution in [-0.2, 0) is 11.8 Å². The summed E-state index contributed by atoms with van der Waals surface area (Å²) >= 11 is 0. The third-order valence-electron chi connectivity index (χ3n) is 5.82. The van der Waals surface area contributed by atoms with Gasteiger partial charge in [0, 0.05) is 5.56 Å². The highest BCUT2D eigenvalue weighted by molar-refractivity contribution is 5.49. The fraction of sp³-hybridized carbons (Fsp3) is 0.423. The van der Waals surface area contributed by atoms with Crippen molar-refractivity contribution in [3.8, 4) is 29.4 Å². The van der Waals surface area contributed by atoms with Crippen LogP contribution in [0.25, 0.3) is 0 Å². The monoisotopic (exact) mass is 387 g/mol. The standard InChI is InChI=1S/C26H29NO2/c1-4-26(2,17-15-20-9-11-21(12-10-20)16-18-27)22-13-14-24(28-3)25(19-22)29-23-7-5-6-8-23/h9-14,19,23H,4-8,16H2,1-3H3. The van der Waals surface area contributed by atoms with Crippen LogP contribution in [0.15, 0.2) is 42.5 Å². The van der Waals surface area contributed by atoms with Gasteiger partial charge < -0.3 is 9.47 Å². The molecule has 0 saturated heterocycles. The number of nitriles is 1. The number of benzene rings is 2. The summed E-state index contributed by atoms with van der Waals surface area (Å²) < 4.78 is 11.8. The second kappa shape index (κ2) is 9.53. The number of ether oxygens (including phenoxy) is 2. The second-order valence-corrected chi connectivity index (χ2v) is 7.86. The van der Waals surface area contributed by atoms with Crippen molar-refractivity contribution >= 4 is 0 Å². The molecular formula is C26H29NO2. The van der Waals surface area contributed by atoms with Gasteiger partial charge >= 0.3 is 0 Å². The van der Waals surface area contributed by atoms with Gasteiger partial charge in [0.15, 0.2) is 11.5 Å². The number of hydrogen-bond acceptors (Lipinski definition) is 3. The molecule has 0 N–H and O–H groups in total. The first kappa shape index (κ1) is 20.8. The third kappa shape index (κ3) is 5.12. The van der Waals surface area contributed by atoms with E-state index in [1.54, 1.807) is 7.11 Å². The fourth-order valence-corrected chi connectivity index (χ4v) is 3.67. The van der Waals surface area contributed by atoms with Crippen LogP contribution in [0.2, 0.25) is 0 Å². The SMILES string of the molecule is CCC(C)(C#Cc1ccc(CC#N)cc1)c1ccc(OC)c(OC2CCCC2)c1. The molecule has 0 bridgehead atoms. The van der Waals surface area contributed by atoms with E-state index in [-0.39, 0.29) is 11.5 Å². The maximum atomic E-state index is 8.81. The number of methoxy groups -OCH3 is 1. The van der Waals surface area contributed by atoms with E-state index < -0.39 is 0 Å². The van der Waals surface area contributed by atoms with Gasteiger partial charge in [-0.15, -0.1) is 0 Å². The van der Waals surface area contributed by atoms with E-state index in [1.165, 1.54) is 12.8 Å². The Morgan fingerprint density at radius 3 is 2.41 bits per heavy atom. The molecule has 1 aliphatic carbocycles. The predicted molar refractivity (Wildman–Crippen MR) is 116 cm³/mol. The van der Waals surface area contributed by atoms with Crippen molar-refractivity contribution < 1.29 is 9.47 Å². The molecule has 0 spiro atoms. The van der Waals surface area contributed by atoms with Crippen molar-refractivity contribution in [1.82, 2.24) is 0 Å². The van der Waals surface area contributed by atoms with Crippen molar-refractivity contribution in [3.63, 3.8) is 0 Å². The minimum absolute atomic E-state index is 0.282. The quantitative estimate of drug-likeness (QED) is 0.588. The van der Waals surface area contributed by atoms with Gasteiger partial charge in [0.1, 0.15) is 0 Å². The molecule has 2 aromatic carbocycles. The van der Waals surface area contributed by atoms with E-state index >= 15 is 0 Å². The highest BCUT2D eigenvalue weighted by Crippen LogP contribution is 2.37. The van der Waals surface area contributed by atoms with Gasteiger partial charge in [-0.1, -0.05) is 37.0 Å². The van der Waals surface area contributed by atoms with Crippen molar-refractivity contribution in [2.24, 2.45) is 0 Å². The molecule has 0 radical (unpaired) electrons. The Morgan fingerprint density at radius 2 is 1.79 bits per heavy atom. The van der Waals surface area contributed by atoms with Gasteiger partial charge in [-0.2, -0.15) is 5.26 Å². The van der Waals surface area contributed by atoms with E-state index in [4.69, 9.17) is 14.7 Å². The van der Waals surface area contributed by atoms with Crippen LogP contribution >= 0.6 is 0 Å². The normalized spacial score (nSPS) is 15.7. The summed E-state index contributed by atoms with van der Waals surface area (Å²) in [5.74, 6) is 8.39. The summed E-state index contributed by atoms with van der Waals surface area (Å²) in [7, 11) is 1.69. The molecule has 150 valence electrons. The number of hydrogen-bond donors (Lipinski definition) is 0. The van der Waals surface area contributed by atoms with Crippen LogP contribution in [0.5, 0.6) is 11.5 Å². The molecule has 0 heterocycles. The zero-order valence-electron chi connectivity index (χ0n) is 17.6. The molecule has 1 aliphatic rings. The summed E-state index contributed by atoms with van der Waals surface area (Å²) in [5, 5.41) is 8.81. The Hall–Kier alpha value is -2.91. The first-order valence-electron chi connectivity index (χ1n) is 10.4. The van der Waals surface area contributed by atoms with E-state index in [2.05, 4.69) is 43.9 Å². The highest BCUT2D eigenvalue weighted by atomic mass is 16.5. The zero-order chi connectivity index (χ0) is 20.7. The molecule has 2 aromatic rings. The lowest BCUT2D eigenvalue weighted by molar-refractivity contribution is 0.200. The molecule has 3 nitrogen and oxygen atoms in total. The maximum Gasteiger partial charge on any atom is 0.161 e. The van der Waals surface area contributed by atoms with Crippen molar-refractivity contribution in [3.05, 3.63) is 59.2 Å². The van der Waals surface area contributed by atoms with E-state index in [0.717, 1.165) is 47.5 Å². The molecule has 1 atom stereocenters. The van der Waals surface area contributed by atoms with Crippen LogP contribution in [0.4, 0.5) is 0 Å². The number of rotatable bonds is 6. The molecule has 0 amide bonds. The lowest BCUT2D eigenvalue weighted by Gasteiger charge is -2.25. The van der Waals surface area contributed by atoms with E-state index in [1.807, 2.05) is 30.3 Å². The van der Waals surface area contributed by atoms with Crippen LogP contribution in [-0.4, -0.2) is 13.2 Å². The minimum Gasteiger partial charge on any atom is -0.493 e. The van der Waals surface area contributed by atoms with Crippen LogP contribution in [0.3, 0.4) is 0 Å². The summed E-state index contributed by atoms with van der Waals surface area (Å²) in [4.78, 5) is 0. The van der Waals surface area contributed by atoms with E-state index in [0.29, 0.717) is 6.42 Å². The molecule has 1 unspecified atom stereocenters. The summed E-state index contributed by atoms with van der Waals surface area (Å²) in [6.45, 7) is 4.33. The van der Waals surface area contributed by atoms with Crippen LogP contribution in [0, 0.1) is 23.2 Å². The molecule has 0 aliphatic heterocycles. The minimum atomic E-state index is -0.286. The third-order valence-corrected chi connectivity index (χ3v) is 5.82.